The van der Waals surface area contributed by atoms with Crippen LogP contribution in [0.2, 0.25) is 10.0 Å². The van der Waals surface area contributed by atoms with Crippen LogP contribution in [-0.2, 0) is 0 Å². The predicted molar refractivity (Wildman–Crippen MR) is 81.2 cm³/mol. The van der Waals surface area contributed by atoms with Gasteiger partial charge < -0.3 is 10.5 Å². The zero-order valence-corrected chi connectivity index (χ0v) is 12.3. The molecule has 2 aromatic rings. The summed E-state index contributed by atoms with van der Waals surface area (Å²) in [5.74, 6) is -0.697. The van der Waals surface area contributed by atoms with Gasteiger partial charge in [0.2, 0.25) is 0 Å². The number of ether oxygens (including phenoxy) is 1. The van der Waals surface area contributed by atoms with Crippen LogP contribution in [-0.4, -0.2) is 18.3 Å². The van der Waals surface area contributed by atoms with Crippen LogP contribution in [0, 0.1) is 0 Å². The lowest BCUT2D eigenvalue weighted by molar-refractivity contribution is 0.0912. The number of hydrogen-bond donors (Lipinski definition) is 1. The minimum absolute atomic E-state index is 0.131. The Morgan fingerprint density at radius 3 is 2.24 bits per heavy atom. The first-order chi connectivity index (χ1) is 9.97. The SMILES string of the molecule is NC(=O)c1cc(Cl)ccc1OCC(=O)c1ccc(Cl)cc1. The van der Waals surface area contributed by atoms with E-state index in [9.17, 15) is 9.59 Å². The molecule has 0 saturated carbocycles. The second-order valence-corrected chi connectivity index (χ2v) is 5.10. The van der Waals surface area contributed by atoms with E-state index in [0.717, 1.165) is 0 Å². The van der Waals surface area contributed by atoms with Crippen molar-refractivity contribution in [1.29, 1.82) is 0 Å². The Hall–Kier alpha value is -2.04. The summed E-state index contributed by atoms with van der Waals surface area (Å²) in [4.78, 5) is 23.3. The second-order valence-electron chi connectivity index (χ2n) is 4.22. The van der Waals surface area contributed by atoms with E-state index in [0.29, 0.717) is 15.6 Å². The fraction of sp³-hybridized carbons (Fsp3) is 0.0667. The first-order valence-electron chi connectivity index (χ1n) is 5.98. The van der Waals surface area contributed by atoms with E-state index in [1.807, 2.05) is 0 Å². The molecular formula is C15H11Cl2NO3. The average Bonchev–Trinajstić information content (AvgIpc) is 2.46. The lowest BCUT2D eigenvalue weighted by Crippen LogP contribution is -2.16. The molecule has 1 amide bonds. The molecule has 0 aromatic heterocycles. The average molecular weight is 324 g/mol. The van der Waals surface area contributed by atoms with Crippen LogP contribution in [0.1, 0.15) is 20.7 Å². The molecular weight excluding hydrogens is 313 g/mol. The molecule has 0 unspecified atom stereocenters. The van der Waals surface area contributed by atoms with Crippen LogP contribution < -0.4 is 10.5 Å². The number of carbonyl (C=O) groups is 2. The number of nitrogens with two attached hydrogens (primary N) is 1. The van der Waals surface area contributed by atoms with Crippen molar-refractivity contribution >= 4 is 34.9 Å². The first-order valence-corrected chi connectivity index (χ1v) is 6.74. The third-order valence-corrected chi connectivity index (χ3v) is 3.22. The number of hydrogen-bond acceptors (Lipinski definition) is 3. The highest BCUT2D eigenvalue weighted by atomic mass is 35.5. The van der Waals surface area contributed by atoms with E-state index in [1.165, 1.54) is 12.1 Å². The maximum Gasteiger partial charge on any atom is 0.252 e. The summed E-state index contributed by atoms with van der Waals surface area (Å²) in [5, 5.41) is 0.904. The summed E-state index contributed by atoms with van der Waals surface area (Å²) in [6.45, 7) is -0.219. The predicted octanol–water partition coefficient (Wildman–Crippen LogP) is 3.35. The molecule has 0 spiro atoms. The number of benzene rings is 2. The molecule has 21 heavy (non-hydrogen) atoms. The third-order valence-electron chi connectivity index (χ3n) is 2.73. The van der Waals surface area contributed by atoms with Crippen molar-refractivity contribution in [2.45, 2.75) is 0 Å². The van der Waals surface area contributed by atoms with Crippen LogP contribution in [0.5, 0.6) is 5.75 Å². The molecule has 2 N–H and O–H groups in total. The van der Waals surface area contributed by atoms with Gasteiger partial charge in [0, 0.05) is 15.6 Å². The molecule has 0 aliphatic carbocycles. The van der Waals surface area contributed by atoms with E-state index in [2.05, 4.69) is 0 Å². The van der Waals surface area contributed by atoms with E-state index in [-0.39, 0.29) is 23.7 Å². The Labute approximate surface area is 131 Å². The smallest absolute Gasteiger partial charge is 0.252 e. The van der Waals surface area contributed by atoms with Gasteiger partial charge in [-0.3, -0.25) is 9.59 Å². The highest BCUT2D eigenvalue weighted by Crippen LogP contribution is 2.22. The van der Waals surface area contributed by atoms with Gasteiger partial charge in [-0.05, 0) is 42.5 Å². The summed E-state index contributed by atoms with van der Waals surface area (Å²) in [6.07, 6.45) is 0. The lowest BCUT2D eigenvalue weighted by Gasteiger charge is -2.09. The van der Waals surface area contributed by atoms with Crippen molar-refractivity contribution in [3.63, 3.8) is 0 Å². The van der Waals surface area contributed by atoms with E-state index >= 15 is 0 Å². The third kappa shape index (κ3) is 3.97. The number of ketones is 1. The molecule has 0 aliphatic heterocycles. The quantitative estimate of drug-likeness (QED) is 0.858. The Morgan fingerprint density at radius 1 is 1.00 bits per heavy atom. The number of halogens is 2. The second kappa shape index (κ2) is 6.61. The molecule has 108 valence electrons. The van der Waals surface area contributed by atoms with Gasteiger partial charge in [-0.2, -0.15) is 0 Å². The van der Waals surface area contributed by atoms with Crippen LogP contribution in [0.25, 0.3) is 0 Å². The molecule has 0 bridgehead atoms. The van der Waals surface area contributed by atoms with Crippen LogP contribution in [0.4, 0.5) is 0 Å². The molecule has 6 heteroatoms. The molecule has 4 nitrogen and oxygen atoms in total. The van der Waals surface area contributed by atoms with Gasteiger partial charge in [-0.15, -0.1) is 0 Å². The number of amides is 1. The van der Waals surface area contributed by atoms with Gasteiger partial charge in [0.1, 0.15) is 5.75 Å². The Morgan fingerprint density at radius 2 is 1.62 bits per heavy atom. The minimum atomic E-state index is -0.675. The van der Waals surface area contributed by atoms with Crippen molar-refractivity contribution < 1.29 is 14.3 Å². The largest absolute Gasteiger partial charge is 0.485 e. The van der Waals surface area contributed by atoms with Gasteiger partial charge in [0.25, 0.3) is 5.91 Å². The van der Waals surface area contributed by atoms with E-state index in [1.54, 1.807) is 30.3 Å². The van der Waals surface area contributed by atoms with Crippen molar-refractivity contribution in [3.05, 3.63) is 63.6 Å². The lowest BCUT2D eigenvalue weighted by atomic mass is 10.1. The molecule has 2 aromatic carbocycles. The van der Waals surface area contributed by atoms with Crippen molar-refractivity contribution in [3.8, 4) is 5.75 Å². The fourth-order valence-electron chi connectivity index (χ4n) is 1.68. The highest BCUT2D eigenvalue weighted by molar-refractivity contribution is 6.31. The summed E-state index contributed by atoms with van der Waals surface area (Å²) in [5.41, 5.74) is 5.84. The minimum Gasteiger partial charge on any atom is -0.485 e. The molecule has 0 radical (unpaired) electrons. The summed E-state index contributed by atoms with van der Waals surface area (Å²) in [6, 6.07) is 10.9. The van der Waals surface area contributed by atoms with Gasteiger partial charge in [0.15, 0.2) is 12.4 Å². The van der Waals surface area contributed by atoms with Crippen LogP contribution in [0.15, 0.2) is 42.5 Å². The number of carbonyl (C=O) groups excluding carboxylic acids is 2. The monoisotopic (exact) mass is 323 g/mol. The van der Waals surface area contributed by atoms with Gasteiger partial charge in [-0.1, -0.05) is 23.2 Å². The standard InChI is InChI=1S/C15H11Cl2NO3/c16-10-3-1-9(2-4-10)13(19)8-21-14-6-5-11(17)7-12(14)15(18)20/h1-7H,8H2,(H2,18,20). The van der Waals surface area contributed by atoms with Crippen molar-refractivity contribution in [2.75, 3.05) is 6.61 Å². The van der Waals surface area contributed by atoms with Crippen molar-refractivity contribution in [2.24, 2.45) is 5.73 Å². The topological polar surface area (TPSA) is 69.4 Å². The van der Waals surface area contributed by atoms with Gasteiger partial charge in [0.05, 0.1) is 5.56 Å². The number of rotatable bonds is 5. The summed E-state index contributed by atoms with van der Waals surface area (Å²) >= 11 is 11.5. The Bertz CT molecular complexity index is 684. The zero-order chi connectivity index (χ0) is 15.4. The highest BCUT2D eigenvalue weighted by Gasteiger charge is 2.13. The summed E-state index contributed by atoms with van der Waals surface area (Å²) in [7, 11) is 0. The Balaban J connectivity index is 2.11. The maximum atomic E-state index is 12.0. The fourth-order valence-corrected chi connectivity index (χ4v) is 1.98. The molecule has 2 rings (SSSR count). The summed E-state index contributed by atoms with van der Waals surface area (Å²) < 4.78 is 5.36. The van der Waals surface area contributed by atoms with E-state index < -0.39 is 5.91 Å². The van der Waals surface area contributed by atoms with Crippen LogP contribution in [0.3, 0.4) is 0 Å². The first kappa shape index (κ1) is 15.4. The molecule has 0 atom stereocenters. The molecule has 0 heterocycles. The maximum absolute atomic E-state index is 12.0. The molecule has 0 fully saturated rings. The number of Topliss-reactive ketones (excluding diaryl/α,β-unsaturated/α-hetero) is 1. The van der Waals surface area contributed by atoms with Crippen LogP contribution >= 0.6 is 23.2 Å². The van der Waals surface area contributed by atoms with E-state index in [4.69, 9.17) is 33.7 Å². The van der Waals surface area contributed by atoms with Gasteiger partial charge >= 0.3 is 0 Å². The molecule has 0 saturated heterocycles. The zero-order valence-electron chi connectivity index (χ0n) is 10.8. The van der Waals surface area contributed by atoms with Crippen molar-refractivity contribution in [1.82, 2.24) is 0 Å². The van der Waals surface area contributed by atoms with Gasteiger partial charge in [-0.25, -0.2) is 0 Å². The number of primary amides is 1. The molecule has 0 aliphatic rings. The normalized spacial score (nSPS) is 10.2. The Kier molecular flexibility index (Phi) is 4.83.